The van der Waals surface area contributed by atoms with Gasteiger partial charge in [0.15, 0.2) is 0 Å². The summed E-state index contributed by atoms with van der Waals surface area (Å²) in [4.78, 5) is 13.6. The molecule has 0 aliphatic rings. The molecule has 2 N–H and O–H groups in total. The van der Waals surface area contributed by atoms with Crippen molar-refractivity contribution >= 4 is 0 Å². The second-order valence-electron chi connectivity index (χ2n) is 2.30. The number of pyridine rings is 1. The molecule has 0 spiro atoms. The van der Waals surface area contributed by atoms with Crippen LogP contribution in [0, 0.1) is 12.3 Å². The maximum atomic E-state index is 11.1. The van der Waals surface area contributed by atoms with Crippen LogP contribution in [0.2, 0.25) is 0 Å². The molecular formula is C9H8NO2. The third-order valence-corrected chi connectivity index (χ3v) is 1.56. The second-order valence-corrected chi connectivity index (χ2v) is 2.30. The fourth-order valence-corrected chi connectivity index (χ4v) is 0.988. The topological polar surface area (TPSA) is 53.1 Å². The summed E-state index contributed by atoms with van der Waals surface area (Å²) in [7, 11) is 0. The van der Waals surface area contributed by atoms with Gasteiger partial charge in [-0.3, -0.25) is 4.79 Å². The standard InChI is InChI=1S/C9H8NO2/c1-2-7-3-5-10-9(12)8(7)4-6-11/h3,5,11H,4,6H2,(H,10,12). The predicted molar refractivity (Wildman–Crippen MR) is 44.1 cm³/mol. The lowest BCUT2D eigenvalue weighted by Gasteiger charge is -1.98. The molecule has 61 valence electrons. The van der Waals surface area contributed by atoms with E-state index in [1.165, 1.54) is 6.20 Å². The van der Waals surface area contributed by atoms with Gasteiger partial charge in [0.1, 0.15) is 0 Å². The van der Waals surface area contributed by atoms with Gasteiger partial charge in [-0.05, 0) is 12.5 Å². The average molecular weight is 162 g/mol. The summed E-state index contributed by atoms with van der Waals surface area (Å²) in [6.45, 7) is -0.0955. The van der Waals surface area contributed by atoms with E-state index in [0.29, 0.717) is 11.1 Å². The Kier molecular flexibility index (Phi) is 2.67. The molecule has 0 atom stereocenters. The van der Waals surface area contributed by atoms with Crippen LogP contribution in [0.5, 0.6) is 0 Å². The van der Waals surface area contributed by atoms with Crippen LogP contribution in [-0.4, -0.2) is 16.7 Å². The van der Waals surface area contributed by atoms with Crippen molar-refractivity contribution in [2.45, 2.75) is 6.42 Å². The Bertz CT molecular complexity index is 360. The third kappa shape index (κ3) is 1.55. The number of hydrogen-bond donors (Lipinski definition) is 2. The lowest BCUT2D eigenvalue weighted by molar-refractivity contribution is 0.299. The molecule has 0 saturated heterocycles. The van der Waals surface area contributed by atoms with Crippen LogP contribution >= 0.6 is 0 Å². The zero-order valence-electron chi connectivity index (χ0n) is 6.42. The number of rotatable bonds is 2. The van der Waals surface area contributed by atoms with E-state index in [4.69, 9.17) is 11.5 Å². The number of H-pyrrole nitrogens is 1. The predicted octanol–water partition coefficient (Wildman–Crippen LogP) is -0.152. The van der Waals surface area contributed by atoms with Crippen LogP contribution < -0.4 is 5.56 Å². The van der Waals surface area contributed by atoms with Crippen molar-refractivity contribution in [1.29, 1.82) is 0 Å². The SMILES string of the molecule is [C]#Cc1cc[nH]c(=O)c1CCO. The first kappa shape index (κ1) is 8.57. The van der Waals surface area contributed by atoms with E-state index in [1.807, 2.05) is 0 Å². The van der Waals surface area contributed by atoms with Gasteiger partial charge in [-0.1, -0.05) is 5.92 Å². The molecule has 0 saturated carbocycles. The van der Waals surface area contributed by atoms with Gasteiger partial charge in [-0.2, -0.15) is 0 Å². The number of aromatic amines is 1. The number of aliphatic hydroxyl groups is 1. The minimum Gasteiger partial charge on any atom is -0.396 e. The Balaban J connectivity index is 3.22. The van der Waals surface area contributed by atoms with Crippen LogP contribution in [0.4, 0.5) is 0 Å². The lowest BCUT2D eigenvalue weighted by atomic mass is 10.1. The molecule has 1 aromatic rings. The number of aliphatic hydroxyl groups excluding tert-OH is 1. The van der Waals surface area contributed by atoms with Crippen molar-refractivity contribution in [3.63, 3.8) is 0 Å². The van der Waals surface area contributed by atoms with Crippen LogP contribution in [0.25, 0.3) is 0 Å². The van der Waals surface area contributed by atoms with E-state index < -0.39 is 0 Å². The second kappa shape index (κ2) is 3.74. The Labute approximate surface area is 70.1 Å². The lowest BCUT2D eigenvalue weighted by Crippen LogP contribution is -2.15. The van der Waals surface area contributed by atoms with Gasteiger partial charge in [-0.25, -0.2) is 0 Å². The highest BCUT2D eigenvalue weighted by atomic mass is 16.3. The van der Waals surface area contributed by atoms with Crippen molar-refractivity contribution in [2.24, 2.45) is 0 Å². The summed E-state index contributed by atoms with van der Waals surface area (Å²) in [6.07, 6.45) is 8.59. The quantitative estimate of drug-likeness (QED) is 0.594. The molecule has 0 unspecified atom stereocenters. The first-order chi connectivity index (χ1) is 5.79. The number of nitrogens with one attached hydrogen (secondary N) is 1. The van der Waals surface area contributed by atoms with Crippen LogP contribution in [0.3, 0.4) is 0 Å². The molecule has 3 heteroatoms. The maximum Gasteiger partial charge on any atom is 0.252 e. The molecule has 1 rings (SSSR count). The Hall–Kier alpha value is -1.53. The molecule has 0 aliphatic carbocycles. The zero-order chi connectivity index (χ0) is 8.97. The van der Waals surface area contributed by atoms with E-state index in [9.17, 15) is 4.79 Å². The smallest absolute Gasteiger partial charge is 0.252 e. The van der Waals surface area contributed by atoms with E-state index in [2.05, 4.69) is 10.9 Å². The molecule has 1 heterocycles. The van der Waals surface area contributed by atoms with E-state index in [0.717, 1.165) is 0 Å². The third-order valence-electron chi connectivity index (χ3n) is 1.56. The van der Waals surface area contributed by atoms with E-state index >= 15 is 0 Å². The largest absolute Gasteiger partial charge is 0.396 e. The molecule has 3 nitrogen and oxygen atoms in total. The van der Waals surface area contributed by atoms with Gasteiger partial charge in [0.05, 0.1) is 0 Å². The van der Waals surface area contributed by atoms with E-state index in [1.54, 1.807) is 6.07 Å². The minimum absolute atomic E-state index is 0.0955. The van der Waals surface area contributed by atoms with Gasteiger partial charge >= 0.3 is 0 Å². The van der Waals surface area contributed by atoms with Gasteiger partial charge in [0.2, 0.25) is 0 Å². The molecular weight excluding hydrogens is 154 g/mol. The summed E-state index contributed by atoms with van der Waals surface area (Å²) < 4.78 is 0. The molecule has 0 aliphatic heterocycles. The molecule has 0 bridgehead atoms. The molecule has 0 fully saturated rings. The number of hydrogen-bond acceptors (Lipinski definition) is 2. The summed E-state index contributed by atoms with van der Waals surface area (Å²) in [5.41, 5.74) is 0.587. The number of aromatic nitrogens is 1. The Morgan fingerprint density at radius 1 is 1.67 bits per heavy atom. The van der Waals surface area contributed by atoms with Gasteiger partial charge < -0.3 is 10.1 Å². The summed E-state index contributed by atoms with van der Waals surface area (Å²) in [5.74, 6) is 2.14. The average Bonchev–Trinajstić information content (AvgIpc) is 2.09. The van der Waals surface area contributed by atoms with Crippen molar-refractivity contribution in [2.75, 3.05) is 6.61 Å². The van der Waals surface area contributed by atoms with Crippen molar-refractivity contribution in [1.82, 2.24) is 4.98 Å². The molecule has 12 heavy (non-hydrogen) atoms. The van der Waals surface area contributed by atoms with Crippen LogP contribution in [-0.2, 0) is 6.42 Å². The first-order valence-corrected chi connectivity index (χ1v) is 3.53. The molecule has 1 radical (unpaired) electrons. The molecule has 0 aromatic carbocycles. The van der Waals surface area contributed by atoms with Crippen molar-refractivity contribution in [3.8, 4) is 5.92 Å². The molecule has 0 amide bonds. The van der Waals surface area contributed by atoms with Gasteiger partial charge in [-0.15, -0.1) is 0 Å². The Morgan fingerprint density at radius 3 is 3.00 bits per heavy atom. The zero-order valence-corrected chi connectivity index (χ0v) is 6.42. The maximum absolute atomic E-state index is 11.1. The summed E-state index contributed by atoms with van der Waals surface area (Å²) in [5, 5.41) is 8.62. The highest BCUT2D eigenvalue weighted by molar-refractivity contribution is 5.36. The Morgan fingerprint density at radius 2 is 2.42 bits per heavy atom. The van der Waals surface area contributed by atoms with Crippen LogP contribution in [0.1, 0.15) is 11.1 Å². The summed E-state index contributed by atoms with van der Waals surface area (Å²) in [6, 6.07) is 1.58. The highest BCUT2D eigenvalue weighted by Crippen LogP contribution is 2.00. The molecule has 1 aromatic heterocycles. The normalized spacial score (nSPS) is 9.33. The fraction of sp³-hybridized carbons (Fsp3) is 0.222. The van der Waals surface area contributed by atoms with Crippen molar-refractivity contribution in [3.05, 3.63) is 40.2 Å². The van der Waals surface area contributed by atoms with E-state index in [-0.39, 0.29) is 18.6 Å². The minimum atomic E-state index is -0.263. The van der Waals surface area contributed by atoms with Gasteiger partial charge in [0, 0.05) is 30.4 Å². The first-order valence-electron chi connectivity index (χ1n) is 3.53. The summed E-state index contributed by atoms with van der Waals surface area (Å²) >= 11 is 0. The van der Waals surface area contributed by atoms with Crippen molar-refractivity contribution < 1.29 is 5.11 Å². The fourth-order valence-electron chi connectivity index (χ4n) is 0.988. The monoisotopic (exact) mass is 162 g/mol. The highest BCUT2D eigenvalue weighted by Gasteiger charge is 2.02. The van der Waals surface area contributed by atoms with Crippen LogP contribution in [0.15, 0.2) is 17.1 Å². The van der Waals surface area contributed by atoms with Gasteiger partial charge in [0.25, 0.3) is 5.56 Å².